The fraction of sp³-hybridized carbons (Fsp3) is 0.556. The highest BCUT2D eigenvalue weighted by atomic mass is 32.2. The van der Waals surface area contributed by atoms with Gasteiger partial charge in [-0.1, -0.05) is 0 Å². The Labute approximate surface area is 104 Å². The molecule has 8 nitrogen and oxygen atoms in total. The summed E-state index contributed by atoms with van der Waals surface area (Å²) in [5.41, 5.74) is 0. The van der Waals surface area contributed by atoms with Crippen LogP contribution in [0.1, 0.15) is 12.2 Å². The maximum absolute atomic E-state index is 11.8. The predicted molar refractivity (Wildman–Crippen MR) is 61.6 cm³/mol. The quantitative estimate of drug-likeness (QED) is 0.617. The number of hydrogen-bond donors (Lipinski definition) is 3. The molecule has 9 heteroatoms. The highest BCUT2D eigenvalue weighted by molar-refractivity contribution is 7.89. The lowest BCUT2D eigenvalue weighted by Crippen LogP contribution is -2.41. The molecular weight excluding hydrogens is 262 g/mol. The Bertz CT molecular complexity index is 510. The molecule has 0 aromatic carbocycles. The first kappa shape index (κ1) is 14.6. The fourth-order valence-electron chi connectivity index (χ4n) is 1.25. The van der Waals surface area contributed by atoms with Crippen LogP contribution in [0.3, 0.4) is 0 Å². The van der Waals surface area contributed by atoms with E-state index in [-0.39, 0.29) is 18.1 Å². The van der Waals surface area contributed by atoms with Crippen molar-refractivity contribution < 1.29 is 23.1 Å². The van der Waals surface area contributed by atoms with E-state index in [2.05, 4.69) is 14.7 Å². The van der Waals surface area contributed by atoms with Gasteiger partial charge in [-0.3, -0.25) is 4.79 Å². The molecule has 0 saturated heterocycles. The summed E-state index contributed by atoms with van der Waals surface area (Å²) in [4.78, 5) is 17.2. The summed E-state index contributed by atoms with van der Waals surface area (Å²) in [6, 6.07) is -1.24. The van der Waals surface area contributed by atoms with E-state index in [9.17, 15) is 13.2 Å². The van der Waals surface area contributed by atoms with Gasteiger partial charge in [0.25, 0.3) is 10.0 Å². The van der Waals surface area contributed by atoms with Crippen molar-refractivity contribution in [1.29, 1.82) is 0 Å². The van der Waals surface area contributed by atoms with Crippen molar-refractivity contribution in [3.8, 4) is 0 Å². The molecule has 1 aromatic rings. The number of methoxy groups -OCH3 is 1. The number of carboxylic acids is 1. The molecule has 0 fully saturated rings. The average molecular weight is 277 g/mol. The van der Waals surface area contributed by atoms with E-state index >= 15 is 0 Å². The molecule has 0 aliphatic heterocycles. The number of H-pyrrole nitrogens is 1. The molecule has 102 valence electrons. The number of nitrogens with zero attached hydrogens (tertiary/aromatic N) is 1. The molecule has 0 aliphatic rings. The first-order valence-corrected chi connectivity index (χ1v) is 6.61. The second-order valence-corrected chi connectivity index (χ2v) is 5.31. The van der Waals surface area contributed by atoms with E-state index in [1.54, 1.807) is 6.92 Å². The standard InChI is InChI=1S/C9H15N3O5S/c1-6-10-5-8(11-6)18(15,16)12-7(9(13)14)3-4-17-2/h5,7,12H,3-4H2,1-2H3,(H,10,11)(H,13,14). The normalized spacial score (nSPS) is 13.4. The molecule has 0 bridgehead atoms. The first-order valence-electron chi connectivity index (χ1n) is 5.12. The molecule has 0 radical (unpaired) electrons. The van der Waals surface area contributed by atoms with Gasteiger partial charge in [0.1, 0.15) is 11.9 Å². The van der Waals surface area contributed by atoms with Gasteiger partial charge in [-0.2, -0.15) is 4.72 Å². The zero-order valence-electron chi connectivity index (χ0n) is 10.0. The first-order chi connectivity index (χ1) is 8.36. The summed E-state index contributed by atoms with van der Waals surface area (Å²) in [6.45, 7) is 1.74. The van der Waals surface area contributed by atoms with Gasteiger partial charge in [-0.15, -0.1) is 0 Å². The predicted octanol–water partition coefficient (Wildman–Crippen LogP) is -0.514. The topological polar surface area (TPSA) is 121 Å². The van der Waals surface area contributed by atoms with Crippen molar-refractivity contribution in [1.82, 2.24) is 14.7 Å². The molecule has 0 saturated carbocycles. The van der Waals surface area contributed by atoms with Crippen LogP contribution in [0.5, 0.6) is 0 Å². The van der Waals surface area contributed by atoms with E-state index < -0.39 is 22.0 Å². The zero-order chi connectivity index (χ0) is 13.8. The van der Waals surface area contributed by atoms with Gasteiger partial charge in [-0.25, -0.2) is 13.4 Å². The summed E-state index contributed by atoms with van der Waals surface area (Å²) in [5, 5.41) is 8.74. The Morgan fingerprint density at radius 3 is 2.78 bits per heavy atom. The number of rotatable bonds is 7. The molecular formula is C9H15N3O5S. The molecule has 1 rings (SSSR count). The molecule has 1 aromatic heterocycles. The highest BCUT2D eigenvalue weighted by Gasteiger charge is 2.26. The molecule has 0 spiro atoms. The van der Waals surface area contributed by atoms with Crippen LogP contribution in [-0.2, 0) is 19.6 Å². The number of hydrogen-bond acceptors (Lipinski definition) is 5. The second kappa shape index (κ2) is 5.94. The Morgan fingerprint density at radius 2 is 2.33 bits per heavy atom. The van der Waals surface area contributed by atoms with Gasteiger partial charge in [0.2, 0.25) is 0 Å². The van der Waals surface area contributed by atoms with Crippen molar-refractivity contribution in [2.24, 2.45) is 0 Å². The Balaban J connectivity index is 2.82. The monoisotopic (exact) mass is 277 g/mol. The molecule has 3 N–H and O–H groups in total. The van der Waals surface area contributed by atoms with Crippen molar-refractivity contribution in [3.63, 3.8) is 0 Å². The Morgan fingerprint density at radius 1 is 1.67 bits per heavy atom. The number of nitrogens with one attached hydrogen (secondary N) is 2. The van der Waals surface area contributed by atoms with Crippen LogP contribution in [0, 0.1) is 6.92 Å². The molecule has 1 unspecified atom stereocenters. The maximum Gasteiger partial charge on any atom is 0.321 e. The summed E-state index contributed by atoms with van der Waals surface area (Å²) in [6.07, 6.45) is 1.17. The number of aromatic nitrogens is 2. The number of ether oxygens (including phenoxy) is 1. The Kier molecular flexibility index (Phi) is 4.82. The van der Waals surface area contributed by atoms with Gasteiger partial charge in [0, 0.05) is 13.7 Å². The van der Waals surface area contributed by atoms with E-state index in [1.807, 2.05) is 0 Å². The van der Waals surface area contributed by atoms with Crippen molar-refractivity contribution in [3.05, 3.63) is 12.0 Å². The zero-order valence-corrected chi connectivity index (χ0v) is 10.8. The van der Waals surface area contributed by atoms with Crippen LogP contribution in [0.2, 0.25) is 0 Å². The minimum atomic E-state index is -3.92. The van der Waals surface area contributed by atoms with E-state index in [4.69, 9.17) is 9.84 Å². The number of aryl methyl sites for hydroxylation is 1. The Hall–Kier alpha value is -1.45. The largest absolute Gasteiger partial charge is 0.480 e. The SMILES string of the molecule is COCCC(NS(=O)(=O)c1cnc(C)[nH]1)C(=O)O. The van der Waals surface area contributed by atoms with Gasteiger partial charge in [-0.05, 0) is 13.3 Å². The summed E-state index contributed by atoms with van der Waals surface area (Å²) >= 11 is 0. The third-order valence-electron chi connectivity index (χ3n) is 2.18. The van der Waals surface area contributed by atoms with Crippen molar-refractivity contribution in [2.75, 3.05) is 13.7 Å². The van der Waals surface area contributed by atoms with E-state index in [1.165, 1.54) is 7.11 Å². The lowest BCUT2D eigenvalue weighted by Gasteiger charge is -2.13. The summed E-state index contributed by atoms with van der Waals surface area (Å²) < 4.78 is 30.5. The number of aliphatic carboxylic acids is 1. The highest BCUT2D eigenvalue weighted by Crippen LogP contribution is 2.07. The van der Waals surface area contributed by atoms with Crippen LogP contribution < -0.4 is 4.72 Å². The fourth-order valence-corrected chi connectivity index (χ4v) is 2.45. The molecule has 0 aliphatic carbocycles. The van der Waals surface area contributed by atoms with Crippen LogP contribution >= 0.6 is 0 Å². The number of carbonyl (C=O) groups is 1. The number of aromatic amines is 1. The lowest BCUT2D eigenvalue weighted by atomic mass is 10.2. The molecule has 0 amide bonds. The third kappa shape index (κ3) is 3.79. The third-order valence-corrected chi connectivity index (χ3v) is 3.56. The number of sulfonamides is 1. The molecule has 18 heavy (non-hydrogen) atoms. The smallest absolute Gasteiger partial charge is 0.321 e. The summed E-state index contributed by atoms with van der Waals surface area (Å²) in [5.74, 6) is -0.828. The van der Waals surface area contributed by atoms with Gasteiger partial charge in [0.05, 0.1) is 6.20 Å². The van der Waals surface area contributed by atoms with Crippen LogP contribution in [-0.4, -0.2) is 49.2 Å². The number of carboxylic acid groups (broad SMARTS) is 1. The average Bonchev–Trinajstić information content (AvgIpc) is 2.71. The van der Waals surface area contributed by atoms with Crippen LogP contribution in [0.25, 0.3) is 0 Å². The van der Waals surface area contributed by atoms with E-state index in [0.717, 1.165) is 6.20 Å². The maximum atomic E-state index is 11.8. The number of imidazole rings is 1. The van der Waals surface area contributed by atoms with Gasteiger partial charge < -0.3 is 14.8 Å². The van der Waals surface area contributed by atoms with E-state index in [0.29, 0.717) is 5.82 Å². The molecule has 1 atom stereocenters. The molecule has 1 heterocycles. The second-order valence-electron chi connectivity index (χ2n) is 3.63. The van der Waals surface area contributed by atoms with Crippen molar-refractivity contribution in [2.45, 2.75) is 24.4 Å². The van der Waals surface area contributed by atoms with Crippen LogP contribution in [0.15, 0.2) is 11.2 Å². The lowest BCUT2D eigenvalue weighted by molar-refractivity contribution is -0.139. The van der Waals surface area contributed by atoms with Gasteiger partial charge in [0.15, 0.2) is 5.03 Å². The minimum absolute atomic E-state index is 0.0399. The van der Waals surface area contributed by atoms with Gasteiger partial charge >= 0.3 is 5.97 Å². The van der Waals surface area contributed by atoms with Crippen LogP contribution in [0.4, 0.5) is 0 Å². The van der Waals surface area contributed by atoms with Crippen molar-refractivity contribution >= 4 is 16.0 Å². The minimum Gasteiger partial charge on any atom is -0.480 e. The summed E-state index contributed by atoms with van der Waals surface area (Å²) in [7, 11) is -2.51.